The number of fused-ring (bicyclic) bond motifs is 1. The van der Waals surface area contributed by atoms with Gasteiger partial charge in [-0.3, -0.25) is 9.69 Å². The van der Waals surface area contributed by atoms with Gasteiger partial charge in [0.2, 0.25) is 5.88 Å². The molecule has 0 aliphatic carbocycles. The number of morpholine rings is 1. The smallest absolute Gasteiger partial charge is 0.268 e. The van der Waals surface area contributed by atoms with Gasteiger partial charge in [-0.1, -0.05) is 12.1 Å². The molecule has 2 aromatic heterocycles. The quantitative estimate of drug-likeness (QED) is 0.323. The van der Waals surface area contributed by atoms with E-state index in [1.54, 1.807) is 36.5 Å². The van der Waals surface area contributed by atoms with Gasteiger partial charge in [0.25, 0.3) is 15.9 Å². The second-order valence-electron chi connectivity index (χ2n) is 8.70. The number of benzene rings is 2. The molecule has 0 atom stereocenters. The van der Waals surface area contributed by atoms with Crippen molar-refractivity contribution in [2.24, 2.45) is 0 Å². The molecular formula is C27H25N5O6S. The number of carbonyl (C=O) groups excluding carboxylic acids is 1. The van der Waals surface area contributed by atoms with Gasteiger partial charge >= 0.3 is 0 Å². The Labute approximate surface area is 225 Å². The second kappa shape index (κ2) is 11.5. The van der Waals surface area contributed by atoms with Gasteiger partial charge in [0.15, 0.2) is 0 Å². The first-order valence-corrected chi connectivity index (χ1v) is 13.7. The molecular weight excluding hydrogens is 522 g/mol. The van der Waals surface area contributed by atoms with Gasteiger partial charge in [0.1, 0.15) is 34.6 Å². The number of ether oxygens (including phenoxy) is 3. The SMILES string of the molecule is N#Cc1cc(S(=O)(=O)NC(=O)c2ccccc2Oc2ccc3[nH]ccc3c2)cnc1OCCN1CCOCC1. The van der Waals surface area contributed by atoms with E-state index < -0.39 is 15.9 Å². The number of nitriles is 1. The fourth-order valence-electron chi connectivity index (χ4n) is 4.07. The number of sulfonamides is 1. The maximum absolute atomic E-state index is 13.0. The van der Waals surface area contributed by atoms with Crippen molar-refractivity contribution in [3.05, 3.63) is 78.1 Å². The zero-order valence-corrected chi connectivity index (χ0v) is 21.6. The lowest BCUT2D eigenvalue weighted by atomic mass is 10.2. The van der Waals surface area contributed by atoms with Crippen LogP contribution < -0.4 is 14.2 Å². The van der Waals surface area contributed by atoms with Gasteiger partial charge in [0, 0.05) is 36.7 Å². The number of hydrogen-bond donors (Lipinski definition) is 2. The van der Waals surface area contributed by atoms with Crippen LogP contribution in [-0.2, 0) is 14.8 Å². The van der Waals surface area contributed by atoms with E-state index in [1.165, 1.54) is 6.07 Å². The predicted molar refractivity (Wildman–Crippen MR) is 141 cm³/mol. The van der Waals surface area contributed by atoms with Crippen molar-refractivity contribution in [2.45, 2.75) is 4.90 Å². The first-order chi connectivity index (χ1) is 18.9. The average Bonchev–Trinajstić information content (AvgIpc) is 3.42. The van der Waals surface area contributed by atoms with Crippen LogP contribution in [0.1, 0.15) is 15.9 Å². The highest BCUT2D eigenvalue weighted by atomic mass is 32.2. The number of pyridine rings is 1. The molecule has 0 saturated carbocycles. The Kier molecular flexibility index (Phi) is 7.74. The Bertz CT molecular complexity index is 1640. The van der Waals surface area contributed by atoms with Crippen LogP contribution >= 0.6 is 0 Å². The number of aromatic amines is 1. The minimum Gasteiger partial charge on any atom is -0.475 e. The average molecular weight is 548 g/mol. The Morgan fingerprint density at radius 2 is 1.97 bits per heavy atom. The lowest BCUT2D eigenvalue weighted by Gasteiger charge is -2.26. The van der Waals surface area contributed by atoms with Crippen molar-refractivity contribution in [1.29, 1.82) is 5.26 Å². The molecule has 0 spiro atoms. The van der Waals surface area contributed by atoms with Crippen LogP contribution in [0.5, 0.6) is 17.4 Å². The van der Waals surface area contributed by atoms with Crippen molar-refractivity contribution in [3.8, 4) is 23.4 Å². The minimum absolute atomic E-state index is 0.0202. The Hall–Kier alpha value is -4.44. The predicted octanol–water partition coefficient (Wildman–Crippen LogP) is 3.06. The third-order valence-electron chi connectivity index (χ3n) is 6.12. The number of hydrogen-bond acceptors (Lipinski definition) is 9. The summed E-state index contributed by atoms with van der Waals surface area (Å²) in [4.78, 5) is 22.0. The third-order valence-corrected chi connectivity index (χ3v) is 7.42. The summed E-state index contributed by atoms with van der Waals surface area (Å²) in [7, 11) is -4.36. The normalized spacial score (nSPS) is 14.0. The number of nitrogens with one attached hydrogen (secondary N) is 2. The largest absolute Gasteiger partial charge is 0.475 e. The second-order valence-corrected chi connectivity index (χ2v) is 10.4. The Morgan fingerprint density at radius 1 is 1.15 bits per heavy atom. The third kappa shape index (κ3) is 6.18. The van der Waals surface area contributed by atoms with Crippen LogP contribution in [0.15, 0.2) is 71.9 Å². The van der Waals surface area contributed by atoms with E-state index in [2.05, 4.69) is 14.9 Å². The van der Waals surface area contributed by atoms with Crippen molar-refractivity contribution in [3.63, 3.8) is 0 Å². The molecule has 0 unspecified atom stereocenters. The number of H-pyrrole nitrogens is 1. The zero-order chi connectivity index (χ0) is 27.2. The lowest BCUT2D eigenvalue weighted by molar-refractivity contribution is 0.0320. The summed E-state index contributed by atoms with van der Waals surface area (Å²) in [6.45, 7) is 3.77. The highest BCUT2D eigenvalue weighted by Gasteiger charge is 2.23. The minimum atomic E-state index is -4.36. The highest BCUT2D eigenvalue weighted by Crippen LogP contribution is 2.28. The summed E-state index contributed by atoms with van der Waals surface area (Å²) in [5, 5.41) is 10.5. The van der Waals surface area contributed by atoms with E-state index in [-0.39, 0.29) is 34.3 Å². The molecule has 1 aliphatic heterocycles. The molecule has 2 aromatic carbocycles. The molecule has 5 rings (SSSR count). The number of carbonyl (C=O) groups is 1. The summed E-state index contributed by atoms with van der Waals surface area (Å²) in [5.41, 5.74) is 0.890. The molecule has 12 heteroatoms. The first-order valence-electron chi connectivity index (χ1n) is 12.2. The lowest BCUT2D eigenvalue weighted by Crippen LogP contribution is -2.38. The number of amides is 1. The van der Waals surface area contributed by atoms with Crippen LogP contribution in [-0.4, -0.2) is 68.6 Å². The van der Waals surface area contributed by atoms with Crippen LogP contribution in [0.25, 0.3) is 10.9 Å². The van der Waals surface area contributed by atoms with E-state index in [0.29, 0.717) is 25.5 Å². The summed E-state index contributed by atoms with van der Waals surface area (Å²) in [6.07, 6.45) is 2.85. The maximum atomic E-state index is 13.0. The molecule has 3 heterocycles. The van der Waals surface area contributed by atoms with Crippen molar-refractivity contribution >= 4 is 26.8 Å². The first kappa shape index (κ1) is 26.2. The number of rotatable bonds is 9. The van der Waals surface area contributed by atoms with Gasteiger partial charge in [0.05, 0.1) is 25.0 Å². The molecule has 4 aromatic rings. The van der Waals surface area contributed by atoms with E-state index in [1.807, 2.05) is 22.9 Å². The van der Waals surface area contributed by atoms with Gasteiger partial charge in [-0.25, -0.2) is 18.1 Å². The fourth-order valence-corrected chi connectivity index (χ4v) is 5.01. The fraction of sp³-hybridized carbons (Fsp3) is 0.222. The van der Waals surface area contributed by atoms with E-state index in [4.69, 9.17) is 14.2 Å². The molecule has 1 saturated heterocycles. The molecule has 1 amide bonds. The van der Waals surface area contributed by atoms with Gasteiger partial charge < -0.3 is 19.2 Å². The molecule has 200 valence electrons. The molecule has 39 heavy (non-hydrogen) atoms. The van der Waals surface area contributed by atoms with Gasteiger partial charge in [-0.05, 0) is 42.5 Å². The van der Waals surface area contributed by atoms with E-state index >= 15 is 0 Å². The van der Waals surface area contributed by atoms with E-state index in [0.717, 1.165) is 36.3 Å². The monoisotopic (exact) mass is 547 g/mol. The molecule has 11 nitrogen and oxygen atoms in total. The van der Waals surface area contributed by atoms with Gasteiger partial charge in [-0.15, -0.1) is 0 Å². The standard InChI is InChI=1S/C27H25N5O6S/c28-17-20-16-22(18-30-27(20)37-14-11-32-9-12-36-13-10-32)39(34,35)31-26(33)23-3-1-2-4-25(23)38-21-5-6-24-19(15-21)7-8-29-24/h1-8,15-16,18,29H,9-14H2,(H,31,33). The summed E-state index contributed by atoms with van der Waals surface area (Å²) < 4.78 is 44.9. The van der Waals surface area contributed by atoms with Crippen LogP contribution in [0.3, 0.4) is 0 Å². The molecule has 2 N–H and O–H groups in total. The van der Waals surface area contributed by atoms with Crippen molar-refractivity contribution < 1.29 is 27.4 Å². The Balaban J connectivity index is 1.28. The maximum Gasteiger partial charge on any atom is 0.268 e. The van der Waals surface area contributed by atoms with Crippen LogP contribution in [0.2, 0.25) is 0 Å². The molecule has 1 aliphatic rings. The highest BCUT2D eigenvalue weighted by molar-refractivity contribution is 7.90. The summed E-state index contributed by atoms with van der Waals surface area (Å²) in [6, 6.07) is 16.6. The number of para-hydroxylation sites is 1. The van der Waals surface area contributed by atoms with Crippen LogP contribution in [0, 0.1) is 11.3 Å². The molecule has 1 fully saturated rings. The zero-order valence-electron chi connectivity index (χ0n) is 20.8. The van der Waals surface area contributed by atoms with Crippen molar-refractivity contribution in [1.82, 2.24) is 19.6 Å². The Morgan fingerprint density at radius 3 is 2.79 bits per heavy atom. The molecule has 0 radical (unpaired) electrons. The van der Waals surface area contributed by atoms with E-state index in [9.17, 15) is 18.5 Å². The van der Waals surface area contributed by atoms with Crippen LogP contribution in [0.4, 0.5) is 0 Å². The number of aromatic nitrogens is 2. The van der Waals surface area contributed by atoms with Gasteiger partial charge in [-0.2, -0.15) is 5.26 Å². The molecule has 0 bridgehead atoms. The topological polar surface area (TPSA) is 147 Å². The number of nitrogens with zero attached hydrogens (tertiary/aromatic N) is 3. The van der Waals surface area contributed by atoms with Crippen molar-refractivity contribution in [2.75, 3.05) is 39.5 Å². The summed E-state index contributed by atoms with van der Waals surface area (Å²) >= 11 is 0. The summed E-state index contributed by atoms with van der Waals surface area (Å²) in [5.74, 6) is -0.205.